The van der Waals surface area contributed by atoms with E-state index in [1.807, 2.05) is 36.4 Å². The molecule has 0 radical (unpaired) electrons. The van der Waals surface area contributed by atoms with Gasteiger partial charge in [0.15, 0.2) is 11.6 Å². The zero-order chi connectivity index (χ0) is 23.2. The molecular weight excluding hydrogens is 412 g/mol. The molecule has 4 aromatic carbocycles. The third kappa shape index (κ3) is 3.50. The monoisotopic (exact) mass is 434 g/mol. The Morgan fingerprint density at radius 3 is 1.82 bits per heavy atom. The summed E-state index contributed by atoms with van der Waals surface area (Å²) in [7, 11) is 0. The van der Waals surface area contributed by atoms with Crippen LogP contribution in [0.5, 0.6) is 17.2 Å². The second-order valence-corrected chi connectivity index (χ2v) is 8.68. The standard InChI is InChI=1S/C29H22O4/c1-29(2,18-10-14-20(30)15-11-18)19-12-16-21(17-13-19)33-25-9-5-8-24-26(25)28(32)23-7-4-3-6-22(23)27(24)31/h3-17,30H,1-2H3. The minimum atomic E-state index is -0.274. The van der Waals surface area contributed by atoms with Gasteiger partial charge in [-0.2, -0.15) is 0 Å². The molecule has 1 N–H and O–H groups in total. The molecule has 0 saturated heterocycles. The Morgan fingerprint density at radius 2 is 1.18 bits per heavy atom. The number of hydrogen-bond donors (Lipinski definition) is 1. The van der Waals surface area contributed by atoms with Crippen molar-refractivity contribution in [1.82, 2.24) is 0 Å². The Morgan fingerprint density at radius 1 is 0.636 bits per heavy atom. The highest BCUT2D eigenvalue weighted by molar-refractivity contribution is 6.29. The van der Waals surface area contributed by atoms with Crippen LogP contribution in [0.25, 0.3) is 0 Å². The van der Waals surface area contributed by atoms with Crippen molar-refractivity contribution >= 4 is 11.6 Å². The van der Waals surface area contributed by atoms with Crippen molar-refractivity contribution in [2.24, 2.45) is 0 Å². The molecule has 0 spiro atoms. The topological polar surface area (TPSA) is 63.6 Å². The summed E-state index contributed by atoms with van der Waals surface area (Å²) in [6.07, 6.45) is 0. The molecule has 33 heavy (non-hydrogen) atoms. The highest BCUT2D eigenvalue weighted by atomic mass is 16.5. The summed E-state index contributed by atoms with van der Waals surface area (Å²) >= 11 is 0. The lowest BCUT2D eigenvalue weighted by molar-refractivity contribution is 0.0977. The van der Waals surface area contributed by atoms with Gasteiger partial charge in [0, 0.05) is 22.1 Å². The Kier molecular flexibility index (Phi) is 4.86. The molecule has 162 valence electrons. The van der Waals surface area contributed by atoms with Crippen molar-refractivity contribution in [2.45, 2.75) is 19.3 Å². The molecule has 4 aromatic rings. The van der Waals surface area contributed by atoms with Gasteiger partial charge < -0.3 is 9.84 Å². The molecular formula is C29H22O4. The summed E-state index contributed by atoms with van der Waals surface area (Å²) in [4.78, 5) is 26.1. The van der Waals surface area contributed by atoms with Crippen LogP contribution in [0, 0.1) is 0 Å². The third-order valence-electron chi connectivity index (χ3n) is 6.31. The van der Waals surface area contributed by atoms with E-state index >= 15 is 0 Å². The molecule has 5 rings (SSSR count). The Labute approximate surface area is 192 Å². The van der Waals surface area contributed by atoms with E-state index < -0.39 is 0 Å². The van der Waals surface area contributed by atoms with Crippen LogP contribution in [0.4, 0.5) is 0 Å². The number of fused-ring (bicyclic) bond motifs is 2. The summed E-state index contributed by atoms with van der Waals surface area (Å²) in [5.74, 6) is 0.802. The predicted molar refractivity (Wildman–Crippen MR) is 126 cm³/mol. The maximum atomic E-state index is 13.2. The van der Waals surface area contributed by atoms with Crippen LogP contribution >= 0.6 is 0 Å². The van der Waals surface area contributed by atoms with Crippen LogP contribution < -0.4 is 4.74 Å². The number of rotatable bonds is 4. The average molecular weight is 434 g/mol. The van der Waals surface area contributed by atoms with E-state index in [0.29, 0.717) is 33.8 Å². The molecule has 0 aromatic heterocycles. The first-order chi connectivity index (χ1) is 15.9. The summed E-state index contributed by atoms with van der Waals surface area (Å²) in [6, 6.07) is 26.9. The van der Waals surface area contributed by atoms with Gasteiger partial charge in [0.1, 0.15) is 17.2 Å². The van der Waals surface area contributed by atoms with Gasteiger partial charge in [-0.15, -0.1) is 0 Å². The van der Waals surface area contributed by atoms with E-state index in [0.717, 1.165) is 11.1 Å². The van der Waals surface area contributed by atoms with Crippen LogP contribution in [0.15, 0.2) is 91.0 Å². The van der Waals surface area contributed by atoms with E-state index in [-0.39, 0.29) is 22.7 Å². The predicted octanol–water partition coefficient (Wildman–Crippen LogP) is 6.29. The number of carbonyl (C=O) groups excluding carboxylic acids is 2. The second-order valence-electron chi connectivity index (χ2n) is 8.68. The number of benzene rings is 4. The zero-order valence-corrected chi connectivity index (χ0v) is 18.3. The van der Waals surface area contributed by atoms with E-state index in [2.05, 4.69) is 13.8 Å². The quantitative estimate of drug-likeness (QED) is 0.361. The molecule has 0 aliphatic heterocycles. The number of ketones is 2. The lowest BCUT2D eigenvalue weighted by Crippen LogP contribution is -2.21. The molecule has 0 amide bonds. The van der Waals surface area contributed by atoms with Crippen molar-refractivity contribution in [3.63, 3.8) is 0 Å². The van der Waals surface area contributed by atoms with Crippen molar-refractivity contribution in [2.75, 3.05) is 0 Å². The van der Waals surface area contributed by atoms with Crippen LogP contribution in [-0.4, -0.2) is 16.7 Å². The number of aromatic hydroxyl groups is 1. The molecule has 1 aliphatic carbocycles. The van der Waals surface area contributed by atoms with Gasteiger partial charge in [-0.3, -0.25) is 9.59 Å². The van der Waals surface area contributed by atoms with Gasteiger partial charge in [-0.05, 0) is 41.5 Å². The molecule has 0 saturated carbocycles. The second kappa shape index (κ2) is 7.75. The molecule has 0 fully saturated rings. The molecule has 0 unspecified atom stereocenters. The fraction of sp³-hybridized carbons (Fsp3) is 0.103. The normalized spacial score (nSPS) is 12.8. The molecule has 1 aliphatic rings. The van der Waals surface area contributed by atoms with Gasteiger partial charge in [0.05, 0.1) is 5.56 Å². The van der Waals surface area contributed by atoms with Crippen molar-refractivity contribution < 1.29 is 19.4 Å². The maximum absolute atomic E-state index is 13.2. The summed E-state index contributed by atoms with van der Waals surface area (Å²) in [6.45, 7) is 4.23. The first kappa shape index (κ1) is 20.7. The SMILES string of the molecule is CC(C)(c1ccc(O)cc1)c1ccc(Oc2cccc3c2C(=O)c2ccccc2C3=O)cc1. The number of ether oxygens (including phenoxy) is 1. The van der Waals surface area contributed by atoms with Gasteiger partial charge in [0.2, 0.25) is 0 Å². The third-order valence-corrected chi connectivity index (χ3v) is 6.31. The lowest BCUT2D eigenvalue weighted by atomic mass is 9.78. The Bertz CT molecular complexity index is 1380. The summed E-state index contributed by atoms with van der Waals surface area (Å²) < 4.78 is 6.09. The highest BCUT2D eigenvalue weighted by Gasteiger charge is 2.32. The van der Waals surface area contributed by atoms with Gasteiger partial charge in [-0.25, -0.2) is 0 Å². The zero-order valence-electron chi connectivity index (χ0n) is 18.3. The van der Waals surface area contributed by atoms with Crippen LogP contribution in [0.1, 0.15) is 56.8 Å². The van der Waals surface area contributed by atoms with Crippen molar-refractivity contribution in [3.05, 3.63) is 124 Å². The number of phenols is 1. The highest BCUT2D eigenvalue weighted by Crippen LogP contribution is 2.37. The molecule has 4 heteroatoms. The molecule has 0 atom stereocenters. The summed E-state index contributed by atoms with van der Waals surface area (Å²) in [5.41, 5.74) is 3.37. The van der Waals surface area contributed by atoms with Crippen LogP contribution in [-0.2, 0) is 5.41 Å². The number of carbonyl (C=O) groups is 2. The lowest BCUT2D eigenvalue weighted by Gasteiger charge is -2.26. The van der Waals surface area contributed by atoms with Gasteiger partial charge in [-0.1, -0.05) is 74.5 Å². The fourth-order valence-electron chi connectivity index (χ4n) is 4.31. The minimum absolute atomic E-state index is 0.170. The first-order valence-corrected chi connectivity index (χ1v) is 10.8. The van der Waals surface area contributed by atoms with Gasteiger partial charge in [0.25, 0.3) is 0 Å². The van der Waals surface area contributed by atoms with Gasteiger partial charge >= 0.3 is 0 Å². The Balaban J connectivity index is 1.46. The summed E-state index contributed by atoms with van der Waals surface area (Å²) in [5, 5.41) is 9.58. The van der Waals surface area contributed by atoms with E-state index in [1.165, 1.54) is 0 Å². The molecule has 4 nitrogen and oxygen atoms in total. The number of hydrogen-bond acceptors (Lipinski definition) is 4. The van der Waals surface area contributed by atoms with E-state index in [9.17, 15) is 14.7 Å². The fourth-order valence-corrected chi connectivity index (χ4v) is 4.31. The van der Waals surface area contributed by atoms with Crippen LogP contribution in [0.3, 0.4) is 0 Å². The largest absolute Gasteiger partial charge is 0.508 e. The smallest absolute Gasteiger partial charge is 0.198 e. The van der Waals surface area contributed by atoms with Crippen molar-refractivity contribution in [3.8, 4) is 17.2 Å². The maximum Gasteiger partial charge on any atom is 0.198 e. The first-order valence-electron chi connectivity index (χ1n) is 10.8. The van der Waals surface area contributed by atoms with E-state index in [4.69, 9.17) is 4.74 Å². The number of phenolic OH excluding ortho intramolecular Hbond substituents is 1. The van der Waals surface area contributed by atoms with E-state index in [1.54, 1.807) is 54.6 Å². The minimum Gasteiger partial charge on any atom is -0.508 e. The Hall–Kier alpha value is -4.18. The molecule has 0 bridgehead atoms. The molecule has 0 heterocycles. The van der Waals surface area contributed by atoms with Crippen molar-refractivity contribution in [1.29, 1.82) is 0 Å². The van der Waals surface area contributed by atoms with Crippen LogP contribution in [0.2, 0.25) is 0 Å². The average Bonchev–Trinajstić information content (AvgIpc) is 2.83.